The van der Waals surface area contributed by atoms with E-state index in [4.69, 9.17) is 5.26 Å². The van der Waals surface area contributed by atoms with Crippen molar-refractivity contribution in [2.75, 3.05) is 26.2 Å². The minimum absolute atomic E-state index is 0. The largest absolute Gasteiger partial charge is 0.508 e. The summed E-state index contributed by atoms with van der Waals surface area (Å²) in [5.41, 5.74) is 0.857. The molecule has 4 nitrogen and oxygen atoms in total. The highest BCUT2D eigenvalue weighted by molar-refractivity contribution is 5.85. The third-order valence-corrected chi connectivity index (χ3v) is 3.17. The topological polar surface area (TPSA) is 59.3 Å². The van der Waals surface area contributed by atoms with Gasteiger partial charge in [0, 0.05) is 31.7 Å². The second kappa shape index (κ2) is 9.00. The zero-order valence-corrected chi connectivity index (χ0v) is 12.2. The Kier molecular flexibility index (Phi) is 8.53. The lowest BCUT2D eigenvalue weighted by atomic mass is 10.0. The molecule has 0 unspecified atom stereocenters. The summed E-state index contributed by atoms with van der Waals surface area (Å²) < 4.78 is 0. The highest BCUT2D eigenvalue weighted by Gasteiger charge is 2.23. The van der Waals surface area contributed by atoms with Gasteiger partial charge in [-0.3, -0.25) is 4.90 Å². The SMILES string of the molecule is Cl.Cl.N#CC[C@H](c1ccccc1O)N1CCNCC1. The summed E-state index contributed by atoms with van der Waals surface area (Å²) in [5, 5.41) is 22.1. The van der Waals surface area contributed by atoms with Crippen LogP contribution in [0.2, 0.25) is 0 Å². The van der Waals surface area contributed by atoms with Crippen LogP contribution in [0.3, 0.4) is 0 Å². The summed E-state index contributed by atoms with van der Waals surface area (Å²) in [6.07, 6.45) is 0.414. The molecule has 1 saturated heterocycles. The lowest BCUT2D eigenvalue weighted by Gasteiger charge is -2.34. The van der Waals surface area contributed by atoms with Gasteiger partial charge in [-0.25, -0.2) is 0 Å². The number of rotatable bonds is 3. The van der Waals surface area contributed by atoms with Crippen LogP contribution in [0.15, 0.2) is 24.3 Å². The number of phenols is 1. The first-order valence-electron chi connectivity index (χ1n) is 5.92. The van der Waals surface area contributed by atoms with Gasteiger partial charge in [0.25, 0.3) is 0 Å². The summed E-state index contributed by atoms with van der Waals surface area (Å²) >= 11 is 0. The second-order valence-corrected chi connectivity index (χ2v) is 4.22. The minimum atomic E-state index is 0. The molecule has 1 heterocycles. The van der Waals surface area contributed by atoms with Crippen molar-refractivity contribution in [1.82, 2.24) is 10.2 Å². The number of piperazine rings is 1. The smallest absolute Gasteiger partial charge is 0.120 e. The maximum absolute atomic E-state index is 9.89. The average Bonchev–Trinajstić information content (AvgIpc) is 2.38. The summed E-state index contributed by atoms with van der Waals surface area (Å²) in [6, 6.07) is 9.52. The fourth-order valence-corrected chi connectivity index (χ4v) is 2.29. The van der Waals surface area contributed by atoms with E-state index in [1.54, 1.807) is 12.1 Å². The maximum atomic E-state index is 9.89. The Morgan fingerprint density at radius 2 is 1.89 bits per heavy atom. The first-order valence-corrected chi connectivity index (χ1v) is 5.92. The van der Waals surface area contributed by atoms with Crippen LogP contribution in [0.1, 0.15) is 18.0 Å². The van der Waals surface area contributed by atoms with E-state index in [1.165, 1.54) is 0 Å². The Morgan fingerprint density at radius 1 is 1.26 bits per heavy atom. The van der Waals surface area contributed by atoms with Crippen LogP contribution >= 0.6 is 24.8 Å². The monoisotopic (exact) mass is 303 g/mol. The van der Waals surface area contributed by atoms with Crippen LogP contribution in [-0.2, 0) is 0 Å². The molecule has 1 aliphatic rings. The predicted octanol–water partition coefficient (Wildman–Crippen LogP) is 2.10. The molecule has 106 valence electrons. The number of aromatic hydroxyl groups is 1. The molecule has 0 saturated carbocycles. The van der Waals surface area contributed by atoms with E-state index in [0.717, 1.165) is 31.7 Å². The number of phenolic OH excluding ortho intramolecular Hbond substituents is 1. The number of benzene rings is 1. The zero-order chi connectivity index (χ0) is 12.1. The van der Waals surface area contributed by atoms with Crippen LogP contribution in [0.5, 0.6) is 5.75 Å². The second-order valence-electron chi connectivity index (χ2n) is 4.22. The summed E-state index contributed by atoms with van der Waals surface area (Å²) in [5.74, 6) is 0.284. The van der Waals surface area contributed by atoms with Gasteiger partial charge >= 0.3 is 0 Å². The third kappa shape index (κ3) is 4.55. The Bertz CT molecular complexity index is 417. The number of hydrogen-bond acceptors (Lipinski definition) is 4. The van der Waals surface area contributed by atoms with Crippen molar-refractivity contribution in [3.05, 3.63) is 29.8 Å². The van der Waals surface area contributed by atoms with Crippen molar-refractivity contribution in [2.45, 2.75) is 12.5 Å². The number of nitrogens with one attached hydrogen (secondary N) is 1. The zero-order valence-electron chi connectivity index (χ0n) is 10.6. The average molecular weight is 304 g/mol. The number of nitriles is 1. The number of halogens is 2. The number of para-hydroxylation sites is 1. The van der Waals surface area contributed by atoms with Crippen molar-refractivity contribution < 1.29 is 5.11 Å². The lowest BCUT2D eigenvalue weighted by Crippen LogP contribution is -2.45. The molecule has 2 N–H and O–H groups in total. The molecule has 1 fully saturated rings. The first kappa shape index (κ1) is 18.0. The molecule has 0 bridgehead atoms. The van der Waals surface area contributed by atoms with Crippen molar-refractivity contribution in [3.8, 4) is 11.8 Å². The molecule has 0 radical (unpaired) electrons. The van der Waals surface area contributed by atoms with Crippen LogP contribution < -0.4 is 5.32 Å². The molecular weight excluding hydrogens is 285 g/mol. The molecule has 1 aliphatic heterocycles. The molecule has 0 amide bonds. The lowest BCUT2D eigenvalue weighted by molar-refractivity contribution is 0.173. The maximum Gasteiger partial charge on any atom is 0.120 e. The van der Waals surface area contributed by atoms with Gasteiger partial charge in [0.1, 0.15) is 5.75 Å². The number of hydrogen-bond donors (Lipinski definition) is 2. The Balaban J connectivity index is 0.00000162. The molecule has 1 aromatic carbocycles. The van der Waals surface area contributed by atoms with E-state index in [9.17, 15) is 5.11 Å². The van der Waals surface area contributed by atoms with Crippen LogP contribution in [0.25, 0.3) is 0 Å². The molecule has 2 rings (SSSR count). The predicted molar refractivity (Wildman–Crippen MR) is 80.0 cm³/mol. The fourth-order valence-electron chi connectivity index (χ4n) is 2.29. The molecule has 19 heavy (non-hydrogen) atoms. The van der Waals surface area contributed by atoms with Gasteiger partial charge in [-0.2, -0.15) is 5.26 Å². The van der Waals surface area contributed by atoms with Gasteiger partial charge < -0.3 is 10.4 Å². The van der Waals surface area contributed by atoms with Gasteiger partial charge in [-0.15, -0.1) is 24.8 Å². The van der Waals surface area contributed by atoms with E-state index in [1.807, 2.05) is 12.1 Å². The van der Waals surface area contributed by atoms with Gasteiger partial charge in [-0.05, 0) is 6.07 Å². The van der Waals surface area contributed by atoms with Crippen LogP contribution in [0.4, 0.5) is 0 Å². The standard InChI is InChI=1S/C13H17N3O.2ClH/c14-6-5-12(16-9-7-15-8-10-16)11-3-1-2-4-13(11)17;;/h1-4,12,15,17H,5,7-10H2;2*1H/t12-;;/m1../s1. The minimum Gasteiger partial charge on any atom is -0.508 e. The van der Waals surface area contributed by atoms with Crippen molar-refractivity contribution in [3.63, 3.8) is 0 Å². The molecule has 1 atom stereocenters. The van der Waals surface area contributed by atoms with E-state index < -0.39 is 0 Å². The molecule has 6 heteroatoms. The molecular formula is C13H19Cl2N3O. The normalized spacial score (nSPS) is 16.6. The van der Waals surface area contributed by atoms with E-state index in [0.29, 0.717) is 6.42 Å². The Morgan fingerprint density at radius 3 is 2.47 bits per heavy atom. The molecule has 1 aromatic rings. The van der Waals surface area contributed by atoms with Crippen LogP contribution in [-0.4, -0.2) is 36.2 Å². The molecule has 0 aromatic heterocycles. The van der Waals surface area contributed by atoms with Gasteiger partial charge in [0.2, 0.25) is 0 Å². The number of nitrogens with zero attached hydrogens (tertiary/aromatic N) is 2. The summed E-state index contributed by atoms with van der Waals surface area (Å²) in [4.78, 5) is 2.26. The van der Waals surface area contributed by atoms with E-state index in [2.05, 4.69) is 16.3 Å². The van der Waals surface area contributed by atoms with E-state index in [-0.39, 0.29) is 36.6 Å². The summed E-state index contributed by atoms with van der Waals surface area (Å²) in [6.45, 7) is 3.71. The first-order chi connectivity index (χ1) is 8.33. The molecule has 0 aliphatic carbocycles. The Hall–Kier alpha value is -0.990. The van der Waals surface area contributed by atoms with Gasteiger partial charge in [-0.1, -0.05) is 18.2 Å². The highest BCUT2D eigenvalue weighted by atomic mass is 35.5. The van der Waals surface area contributed by atoms with Crippen molar-refractivity contribution in [2.24, 2.45) is 0 Å². The fraction of sp³-hybridized carbons (Fsp3) is 0.462. The van der Waals surface area contributed by atoms with Gasteiger partial charge in [0.05, 0.1) is 18.5 Å². The Labute approximate surface area is 126 Å². The van der Waals surface area contributed by atoms with Crippen molar-refractivity contribution >= 4 is 24.8 Å². The van der Waals surface area contributed by atoms with Crippen molar-refractivity contribution in [1.29, 1.82) is 5.26 Å². The van der Waals surface area contributed by atoms with Gasteiger partial charge in [0.15, 0.2) is 0 Å². The highest BCUT2D eigenvalue weighted by Crippen LogP contribution is 2.30. The third-order valence-electron chi connectivity index (χ3n) is 3.17. The van der Waals surface area contributed by atoms with E-state index >= 15 is 0 Å². The molecule has 0 spiro atoms. The quantitative estimate of drug-likeness (QED) is 0.898. The summed E-state index contributed by atoms with van der Waals surface area (Å²) in [7, 11) is 0. The van der Waals surface area contributed by atoms with Crippen LogP contribution in [0, 0.1) is 11.3 Å².